The molecule has 0 aromatic heterocycles. The SMILES string of the molecule is CCCCCCC1=Cc2c(-c3ccc(CCC)cc3)cccc2[CH]1[Zr]([Cl])([Cl])([CH]1C(CCCCCC)=Cc2c(-c3ccc(CCC)cc3)cccc21)[SiH](C)C. The van der Waals surface area contributed by atoms with Gasteiger partial charge in [0.25, 0.3) is 0 Å². The Labute approximate surface area is 337 Å². The molecule has 54 heavy (non-hydrogen) atoms. The van der Waals surface area contributed by atoms with Gasteiger partial charge in [-0.1, -0.05) is 0 Å². The average Bonchev–Trinajstić information content (AvgIpc) is 3.76. The summed E-state index contributed by atoms with van der Waals surface area (Å²) in [5, 5.41) is 0. The van der Waals surface area contributed by atoms with Crippen LogP contribution >= 0.6 is 17.0 Å². The molecular formula is C50H65Cl2SiZr. The molecule has 4 aromatic rings. The van der Waals surface area contributed by atoms with Crippen molar-refractivity contribution in [3.63, 3.8) is 0 Å². The molecule has 0 aliphatic heterocycles. The molecule has 2 atom stereocenters. The summed E-state index contributed by atoms with van der Waals surface area (Å²) in [7, 11) is 17.9. The van der Waals surface area contributed by atoms with Crippen molar-refractivity contribution in [1.29, 1.82) is 0 Å². The number of fused-ring (bicyclic) bond motifs is 2. The number of halogens is 2. The summed E-state index contributed by atoms with van der Waals surface area (Å²) < 4.78 is 0.258. The van der Waals surface area contributed by atoms with E-state index in [-0.39, 0.29) is 7.25 Å². The Morgan fingerprint density at radius 3 is 1.24 bits per heavy atom. The van der Waals surface area contributed by atoms with E-state index in [4.69, 9.17) is 17.0 Å². The molecule has 0 N–H and O–H groups in total. The Balaban J connectivity index is 1.52. The van der Waals surface area contributed by atoms with E-state index in [0.29, 0.717) is 0 Å². The Hall–Kier alpha value is -1.96. The van der Waals surface area contributed by atoms with Crippen molar-refractivity contribution in [3.8, 4) is 22.3 Å². The number of hydrogen-bond acceptors (Lipinski definition) is 0. The van der Waals surface area contributed by atoms with Gasteiger partial charge in [-0.05, 0) is 0 Å². The van der Waals surface area contributed by atoms with Crippen LogP contribution in [-0.2, 0) is 28.4 Å². The second kappa shape index (κ2) is 18.5. The molecule has 4 aromatic carbocycles. The summed E-state index contributed by atoms with van der Waals surface area (Å²) in [4.78, 5) is 0. The van der Waals surface area contributed by atoms with E-state index >= 15 is 0 Å². The first-order valence-corrected chi connectivity index (χ1v) is 37.9. The summed E-state index contributed by atoms with van der Waals surface area (Å²) in [6, 6.07) is 32.8. The first-order chi connectivity index (χ1) is 26.2. The molecule has 0 radical (unpaired) electrons. The van der Waals surface area contributed by atoms with E-state index in [0.717, 1.165) is 38.5 Å². The van der Waals surface area contributed by atoms with Gasteiger partial charge in [0, 0.05) is 0 Å². The number of unbranched alkanes of at least 4 members (excludes halogenated alkanes) is 6. The van der Waals surface area contributed by atoms with Gasteiger partial charge in [-0.3, -0.25) is 0 Å². The van der Waals surface area contributed by atoms with E-state index < -0.39 is 21.5 Å². The second-order valence-corrected chi connectivity index (χ2v) is 59.3. The molecular weight excluding hydrogens is 791 g/mol. The summed E-state index contributed by atoms with van der Waals surface area (Å²) in [6.07, 6.45) is 21.8. The summed E-state index contributed by atoms with van der Waals surface area (Å²) in [5.41, 5.74) is 16.7. The van der Waals surface area contributed by atoms with Gasteiger partial charge in [0.2, 0.25) is 0 Å². The third kappa shape index (κ3) is 8.35. The van der Waals surface area contributed by atoms with Crippen LogP contribution in [0.4, 0.5) is 0 Å². The number of hydrogen-bond donors (Lipinski definition) is 0. The average molecular weight is 856 g/mol. The van der Waals surface area contributed by atoms with Crippen LogP contribution in [0.3, 0.4) is 0 Å². The molecule has 2 aliphatic rings. The summed E-state index contributed by atoms with van der Waals surface area (Å²) in [6.45, 7) is 14.2. The van der Waals surface area contributed by atoms with Crippen LogP contribution in [0.2, 0.25) is 13.1 Å². The summed E-state index contributed by atoms with van der Waals surface area (Å²) >= 11 is -4.91. The third-order valence-corrected chi connectivity index (χ3v) is 64.6. The van der Waals surface area contributed by atoms with Gasteiger partial charge in [0.15, 0.2) is 0 Å². The zero-order valence-electron chi connectivity index (χ0n) is 34.1. The van der Waals surface area contributed by atoms with Crippen molar-refractivity contribution in [2.45, 2.75) is 138 Å². The maximum absolute atomic E-state index is 8.93. The van der Waals surface area contributed by atoms with Crippen LogP contribution in [0.5, 0.6) is 0 Å². The fourth-order valence-corrected chi connectivity index (χ4v) is 41.3. The molecule has 4 heteroatoms. The van der Waals surface area contributed by atoms with Crippen LogP contribution in [0.25, 0.3) is 34.4 Å². The number of benzene rings is 4. The van der Waals surface area contributed by atoms with Crippen molar-refractivity contribution in [2.24, 2.45) is 0 Å². The topological polar surface area (TPSA) is 0 Å². The van der Waals surface area contributed by atoms with Crippen molar-refractivity contribution in [2.75, 3.05) is 0 Å². The van der Waals surface area contributed by atoms with E-state index in [1.165, 1.54) is 118 Å². The van der Waals surface area contributed by atoms with Crippen molar-refractivity contribution in [1.82, 2.24) is 0 Å². The van der Waals surface area contributed by atoms with Gasteiger partial charge in [-0.2, -0.15) is 0 Å². The molecule has 6 rings (SSSR count). The first kappa shape index (κ1) is 41.7. The van der Waals surface area contributed by atoms with Crippen LogP contribution in [-0.4, -0.2) is 5.92 Å². The molecule has 2 aliphatic carbocycles. The second-order valence-electron chi connectivity index (χ2n) is 16.8. The molecule has 0 nitrogen and oxygen atoms in total. The van der Waals surface area contributed by atoms with Crippen LogP contribution in [0.15, 0.2) is 96.1 Å². The molecule has 0 bridgehead atoms. The van der Waals surface area contributed by atoms with Gasteiger partial charge in [-0.25, -0.2) is 0 Å². The Morgan fingerprint density at radius 1 is 0.481 bits per heavy atom. The predicted molar refractivity (Wildman–Crippen MR) is 241 cm³/mol. The van der Waals surface area contributed by atoms with E-state index in [1.807, 2.05) is 0 Å². The van der Waals surface area contributed by atoms with Gasteiger partial charge < -0.3 is 0 Å². The quantitative estimate of drug-likeness (QED) is 0.0651. The number of allylic oxidation sites excluding steroid dienone is 2. The monoisotopic (exact) mass is 853 g/mol. The Morgan fingerprint density at radius 2 is 0.889 bits per heavy atom. The normalized spacial score (nSPS) is 17.2. The van der Waals surface area contributed by atoms with Crippen molar-refractivity contribution < 1.29 is 15.6 Å². The van der Waals surface area contributed by atoms with Gasteiger partial charge in [0.1, 0.15) is 0 Å². The van der Waals surface area contributed by atoms with E-state index in [1.54, 1.807) is 0 Å². The zero-order chi connectivity index (χ0) is 38.3. The van der Waals surface area contributed by atoms with Gasteiger partial charge in [-0.15, -0.1) is 0 Å². The molecule has 0 amide bonds. The fraction of sp³-hybridized carbons (Fsp3) is 0.440. The van der Waals surface area contributed by atoms with Gasteiger partial charge in [0.05, 0.1) is 0 Å². The molecule has 0 saturated heterocycles. The molecule has 0 fully saturated rings. The Bertz CT molecular complexity index is 1800. The minimum absolute atomic E-state index is 0.129. The van der Waals surface area contributed by atoms with Crippen LogP contribution < -0.4 is 0 Å². The number of aryl methyl sites for hydroxylation is 2. The van der Waals surface area contributed by atoms with E-state index in [9.17, 15) is 0 Å². The molecule has 0 heterocycles. The predicted octanol–water partition coefficient (Wildman–Crippen LogP) is 16.4. The van der Waals surface area contributed by atoms with E-state index in [2.05, 4.69) is 138 Å². The van der Waals surface area contributed by atoms with Crippen molar-refractivity contribution in [3.05, 3.63) is 129 Å². The zero-order valence-corrected chi connectivity index (χ0v) is 39.2. The standard InChI is InChI=1S/2C24H29.C2H7Si.2ClH.Zr/c2*1-3-5-6-7-10-20-17-22-11-8-12-23(24(22)18-20)21-15-13-19(9-4-2)14-16-21;1-3-2;;;/h2*8,11-18H,3-7,9-10H2,1-2H3;3H,1-2H3;2*1H;/q;;;;;+2/p-2. The molecule has 2 unspecified atom stereocenters. The third-order valence-electron chi connectivity index (χ3n) is 12.8. The molecule has 287 valence electrons. The van der Waals surface area contributed by atoms with Gasteiger partial charge >= 0.3 is 340 Å². The first-order valence-electron chi connectivity index (χ1n) is 21.6. The van der Waals surface area contributed by atoms with Crippen molar-refractivity contribution >= 4 is 35.1 Å². The van der Waals surface area contributed by atoms with Crippen LogP contribution in [0, 0.1) is 0 Å². The summed E-state index contributed by atoms with van der Waals surface area (Å²) in [5.74, 6) is -1.66. The van der Waals surface area contributed by atoms with Crippen LogP contribution in [0.1, 0.15) is 145 Å². The number of rotatable bonds is 19. The molecule has 0 spiro atoms. The molecule has 0 saturated carbocycles. The Kier molecular flexibility index (Phi) is 14.3. The fourth-order valence-electron chi connectivity index (χ4n) is 9.79. The maximum atomic E-state index is 8.93. The minimum atomic E-state index is -4.91.